The third kappa shape index (κ3) is 1.53. The zero-order chi connectivity index (χ0) is 10.1. The molecule has 0 atom stereocenters. The van der Waals surface area contributed by atoms with Gasteiger partial charge < -0.3 is 5.73 Å². The second-order valence-corrected chi connectivity index (χ2v) is 3.75. The highest BCUT2D eigenvalue weighted by atomic mass is 35.5. The minimum atomic E-state index is -0.396. The maximum absolute atomic E-state index is 10.8. The molecule has 1 amide bonds. The van der Waals surface area contributed by atoms with Crippen LogP contribution in [0.25, 0.3) is 5.57 Å². The molecule has 3 heteroatoms. The number of benzene rings is 1. The van der Waals surface area contributed by atoms with Crippen LogP contribution in [0.5, 0.6) is 0 Å². The zero-order valence-electron chi connectivity index (χ0n) is 7.59. The predicted octanol–water partition coefficient (Wildman–Crippen LogP) is 2.15. The van der Waals surface area contributed by atoms with Gasteiger partial charge in [-0.05, 0) is 35.6 Å². The highest BCUT2D eigenvalue weighted by molar-refractivity contribution is 6.31. The quantitative estimate of drug-likeness (QED) is 0.705. The van der Waals surface area contributed by atoms with Crippen LogP contribution in [0.4, 0.5) is 0 Å². The van der Waals surface area contributed by atoms with E-state index >= 15 is 0 Å². The van der Waals surface area contributed by atoms with E-state index in [4.69, 9.17) is 17.3 Å². The number of carbonyl (C=O) groups excluding carboxylic acids is 1. The van der Waals surface area contributed by atoms with E-state index < -0.39 is 5.91 Å². The Kier molecular flexibility index (Phi) is 2.30. The summed E-state index contributed by atoms with van der Waals surface area (Å²) in [5.41, 5.74) is 8.31. The summed E-state index contributed by atoms with van der Waals surface area (Å²) in [7, 11) is 0. The summed E-state index contributed by atoms with van der Waals surface area (Å²) in [6.45, 7) is 0. The summed E-state index contributed by atoms with van der Waals surface area (Å²) in [6.07, 6.45) is 3.23. The molecule has 2 N–H and O–H groups in total. The monoisotopic (exact) mass is 207 g/mol. The fourth-order valence-electron chi connectivity index (χ4n) is 1.83. The number of amides is 1. The molecule has 0 bridgehead atoms. The van der Waals surface area contributed by atoms with Gasteiger partial charge in [-0.25, -0.2) is 0 Å². The molecule has 2 rings (SSSR count). The van der Waals surface area contributed by atoms with Crippen molar-refractivity contribution in [1.82, 2.24) is 0 Å². The first-order valence-electron chi connectivity index (χ1n) is 4.46. The second-order valence-electron chi connectivity index (χ2n) is 3.34. The Bertz CT molecular complexity index is 423. The Hall–Kier alpha value is -1.28. The van der Waals surface area contributed by atoms with E-state index in [-0.39, 0.29) is 0 Å². The SMILES string of the molecule is NC(=O)/C=C1\CCc2c(Cl)cccc21. The van der Waals surface area contributed by atoms with Crippen molar-refractivity contribution in [3.8, 4) is 0 Å². The fourth-order valence-corrected chi connectivity index (χ4v) is 2.10. The van der Waals surface area contributed by atoms with Crippen LogP contribution in [0.1, 0.15) is 17.5 Å². The molecule has 0 fully saturated rings. The summed E-state index contributed by atoms with van der Waals surface area (Å²) >= 11 is 6.03. The summed E-state index contributed by atoms with van der Waals surface area (Å²) < 4.78 is 0. The van der Waals surface area contributed by atoms with E-state index in [9.17, 15) is 4.79 Å². The smallest absolute Gasteiger partial charge is 0.241 e. The highest BCUT2D eigenvalue weighted by Crippen LogP contribution is 2.35. The van der Waals surface area contributed by atoms with Crippen molar-refractivity contribution in [1.29, 1.82) is 0 Å². The van der Waals surface area contributed by atoms with Gasteiger partial charge in [0.1, 0.15) is 0 Å². The third-order valence-corrected chi connectivity index (χ3v) is 2.78. The molecule has 72 valence electrons. The molecule has 0 heterocycles. The molecule has 0 saturated carbocycles. The van der Waals surface area contributed by atoms with Gasteiger partial charge in [-0.2, -0.15) is 0 Å². The van der Waals surface area contributed by atoms with Gasteiger partial charge in [-0.15, -0.1) is 0 Å². The van der Waals surface area contributed by atoms with Crippen molar-refractivity contribution in [2.45, 2.75) is 12.8 Å². The van der Waals surface area contributed by atoms with E-state index in [2.05, 4.69) is 0 Å². The van der Waals surface area contributed by atoms with Crippen molar-refractivity contribution >= 4 is 23.1 Å². The summed E-state index contributed by atoms with van der Waals surface area (Å²) in [6, 6.07) is 5.73. The van der Waals surface area contributed by atoms with E-state index in [0.29, 0.717) is 0 Å². The van der Waals surface area contributed by atoms with Crippen LogP contribution in [-0.2, 0) is 11.2 Å². The Morgan fingerprint density at radius 1 is 1.43 bits per heavy atom. The van der Waals surface area contributed by atoms with Gasteiger partial charge in [0, 0.05) is 11.1 Å². The van der Waals surface area contributed by atoms with Crippen molar-refractivity contribution in [3.05, 3.63) is 40.4 Å². The van der Waals surface area contributed by atoms with Crippen LogP contribution in [-0.4, -0.2) is 5.91 Å². The average molecular weight is 208 g/mol. The van der Waals surface area contributed by atoms with Crippen molar-refractivity contribution in [2.24, 2.45) is 5.73 Å². The lowest BCUT2D eigenvalue weighted by Crippen LogP contribution is -2.06. The Morgan fingerprint density at radius 2 is 2.21 bits per heavy atom. The molecule has 0 radical (unpaired) electrons. The Balaban J connectivity index is 2.50. The van der Waals surface area contributed by atoms with Crippen LogP contribution < -0.4 is 5.73 Å². The molecule has 0 aliphatic heterocycles. The molecule has 0 spiro atoms. The lowest BCUT2D eigenvalue weighted by atomic mass is 10.1. The molecule has 0 saturated heterocycles. The van der Waals surface area contributed by atoms with E-state index in [0.717, 1.165) is 34.6 Å². The van der Waals surface area contributed by atoms with Crippen LogP contribution >= 0.6 is 11.6 Å². The number of fused-ring (bicyclic) bond motifs is 1. The van der Waals surface area contributed by atoms with Crippen LogP contribution in [0.3, 0.4) is 0 Å². The van der Waals surface area contributed by atoms with Crippen LogP contribution in [0.2, 0.25) is 5.02 Å². The highest BCUT2D eigenvalue weighted by Gasteiger charge is 2.18. The summed E-state index contributed by atoms with van der Waals surface area (Å²) in [5.74, 6) is -0.396. The van der Waals surface area contributed by atoms with Crippen molar-refractivity contribution in [3.63, 3.8) is 0 Å². The minimum absolute atomic E-state index is 0.396. The zero-order valence-corrected chi connectivity index (χ0v) is 8.34. The van der Waals surface area contributed by atoms with Crippen molar-refractivity contribution in [2.75, 3.05) is 0 Å². The maximum Gasteiger partial charge on any atom is 0.241 e. The molecular formula is C11H10ClNO. The van der Waals surface area contributed by atoms with Gasteiger partial charge in [0.25, 0.3) is 0 Å². The number of nitrogens with two attached hydrogens (primary N) is 1. The maximum atomic E-state index is 10.8. The summed E-state index contributed by atoms with van der Waals surface area (Å²) in [5, 5.41) is 0.773. The number of allylic oxidation sites excluding steroid dienone is 1. The van der Waals surface area contributed by atoms with Gasteiger partial charge in [0.15, 0.2) is 0 Å². The molecule has 14 heavy (non-hydrogen) atoms. The van der Waals surface area contributed by atoms with Gasteiger partial charge in [0.05, 0.1) is 0 Å². The van der Waals surface area contributed by atoms with Gasteiger partial charge in [-0.3, -0.25) is 4.79 Å². The number of halogens is 1. The molecular weight excluding hydrogens is 198 g/mol. The second kappa shape index (κ2) is 3.46. The number of rotatable bonds is 1. The normalized spacial score (nSPS) is 17.1. The molecule has 0 aromatic heterocycles. The van der Waals surface area contributed by atoms with E-state index in [1.165, 1.54) is 6.08 Å². The van der Waals surface area contributed by atoms with Crippen LogP contribution in [0, 0.1) is 0 Å². The number of primary amides is 1. The standard InChI is InChI=1S/C11H10ClNO/c12-10-3-1-2-8-7(6-11(13)14)4-5-9(8)10/h1-3,6H,4-5H2,(H2,13,14)/b7-6+. The number of hydrogen-bond donors (Lipinski definition) is 1. The molecule has 0 unspecified atom stereocenters. The lowest BCUT2D eigenvalue weighted by molar-refractivity contribution is -0.113. The Labute approximate surface area is 87.4 Å². The van der Waals surface area contributed by atoms with E-state index in [1.54, 1.807) is 0 Å². The molecule has 1 aromatic carbocycles. The van der Waals surface area contributed by atoms with Gasteiger partial charge in [-0.1, -0.05) is 23.7 Å². The van der Waals surface area contributed by atoms with Gasteiger partial charge >= 0.3 is 0 Å². The molecule has 1 aliphatic rings. The predicted molar refractivity (Wildman–Crippen MR) is 56.9 cm³/mol. The van der Waals surface area contributed by atoms with Crippen molar-refractivity contribution < 1.29 is 4.79 Å². The average Bonchev–Trinajstić information content (AvgIpc) is 2.49. The summed E-state index contributed by atoms with van der Waals surface area (Å²) in [4.78, 5) is 10.8. The molecule has 1 aromatic rings. The first-order valence-corrected chi connectivity index (χ1v) is 4.84. The fraction of sp³-hybridized carbons (Fsp3) is 0.182. The first-order chi connectivity index (χ1) is 6.68. The molecule has 2 nitrogen and oxygen atoms in total. The minimum Gasteiger partial charge on any atom is -0.366 e. The first kappa shape index (κ1) is 9.28. The lowest BCUT2D eigenvalue weighted by Gasteiger charge is -2.01. The Morgan fingerprint density at radius 3 is 2.93 bits per heavy atom. The van der Waals surface area contributed by atoms with Crippen LogP contribution in [0.15, 0.2) is 24.3 Å². The van der Waals surface area contributed by atoms with E-state index in [1.807, 2.05) is 18.2 Å². The number of carbonyl (C=O) groups is 1. The largest absolute Gasteiger partial charge is 0.366 e. The third-order valence-electron chi connectivity index (χ3n) is 2.43. The molecule has 1 aliphatic carbocycles. The van der Waals surface area contributed by atoms with Gasteiger partial charge in [0.2, 0.25) is 5.91 Å². The number of hydrogen-bond acceptors (Lipinski definition) is 1. The topological polar surface area (TPSA) is 43.1 Å².